The zero-order chi connectivity index (χ0) is 14.3. The van der Waals surface area contributed by atoms with Crippen LogP contribution in [0.3, 0.4) is 0 Å². The van der Waals surface area contributed by atoms with Crippen LogP contribution in [0.2, 0.25) is 5.02 Å². The Bertz CT molecular complexity index is 533. The van der Waals surface area contributed by atoms with E-state index < -0.39 is 0 Å². The molecule has 1 aromatic carbocycles. The first-order valence-electron chi connectivity index (χ1n) is 7.30. The molecule has 0 radical (unpaired) electrons. The van der Waals surface area contributed by atoms with Crippen molar-refractivity contribution in [2.75, 3.05) is 0 Å². The van der Waals surface area contributed by atoms with E-state index in [0.717, 1.165) is 16.3 Å². The zero-order valence-electron chi connectivity index (χ0n) is 11.5. The van der Waals surface area contributed by atoms with Crippen LogP contribution in [-0.2, 0) is 0 Å². The van der Waals surface area contributed by atoms with Crippen molar-refractivity contribution < 1.29 is 4.79 Å². The minimum atomic E-state index is -0.0634. The molecule has 1 aromatic rings. The van der Waals surface area contributed by atoms with E-state index in [1.165, 1.54) is 25.7 Å². The molecule has 2 saturated carbocycles. The van der Waals surface area contributed by atoms with Gasteiger partial charge in [-0.1, -0.05) is 34.0 Å². The Morgan fingerprint density at radius 2 is 2.20 bits per heavy atom. The van der Waals surface area contributed by atoms with Crippen LogP contribution in [0.25, 0.3) is 0 Å². The van der Waals surface area contributed by atoms with Crippen molar-refractivity contribution in [3.63, 3.8) is 0 Å². The van der Waals surface area contributed by atoms with E-state index >= 15 is 0 Å². The van der Waals surface area contributed by atoms with Crippen LogP contribution in [0.1, 0.15) is 43.0 Å². The molecule has 0 heterocycles. The number of fused-ring (bicyclic) bond motifs is 2. The van der Waals surface area contributed by atoms with E-state index in [1.54, 1.807) is 12.1 Å². The fraction of sp³-hybridized carbons (Fsp3) is 0.562. The Labute approximate surface area is 133 Å². The van der Waals surface area contributed by atoms with Crippen LogP contribution in [0.4, 0.5) is 0 Å². The number of halogens is 2. The van der Waals surface area contributed by atoms with Gasteiger partial charge in [-0.2, -0.15) is 0 Å². The summed E-state index contributed by atoms with van der Waals surface area (Å²) in [6, 6.07) is 5.61. The largest absolute Gasteiger partial charge is 0.349 e. The van der Waals surface area contributed by atoms with Crippen LogP contribution in [-0.4, -0.2) is 11.9 Å². The third kappa shape index (κ3) is 2.75. The summed E-state index contributed by atoms with van der Waals surface area (Å²) in [5.41, 5.74) is 0.552. The van der Waals surface area contributed by atoms with E-state index in [2.05, 4.69) is 28.2 Å². The van der Waals surface area contributed by atoms with Gasteiger partial charge in [0.25, 0.3) is 5.91 Å². The normalized spacial score (nSPS) is 29.4. The van der Waals surface area contributed by atoms with Gasteiger partial charge in [0, 0.05) is 10.5 Å². The first-order valence-corrected chi connectivity index (χ1v) is 8.47. The van der Waals surface area contributed by atoms with Gasteiger partial charge in [0.15, 0.2) is 0 Å². The molecule has 2 aliphatic carbocycles. The molecule has 2 fully saturated rings. The maximum atomic E-state index is 12.4. The average molecular weight is 357 g/mol. The highest BCUT2D eigenvalue weighted by Crippen LogP contribution is 2.49. The summed E-state index contributed by atoms with van der Waals surface area (Å²) < 4.78 is 0.875. The van der Waals surface area contributed by atoms with Gasteiger partial charge in [-0.25, -0.2) is 0 Å². The van der Waals surface area contributed by atoms with Gasteiger partial charge in [0.2, 0.25) is 0 Å². The first kappa shape index (κ1) is 14.4. The van der Waals surface area contributed by atoms with Gasteiger partial charge < -0.3 is 5.32 Å². The Morgan fingerprint density at radius 1 is 1.40 bits per heavy atom. The molecule has 4 heteroatoms. The average Bonchev–Trinajstić information content (AvgIpc) is 3.03. The lowest BCUT2D eigenvalue weighted by Gasteiger charge is -2.28. The smallest absolute Gasteiger partial charge is 0.253 e. The van der Waals surface area contributed by atoms with Crippen molar-refractivity contribution in [3.8, 4) is 0 Å². The number of hydrogen-bond donors (Lipinski definition) is 1. The van der Waals surface area contributed by atoms with Crippen LogP contribution >= 0.6 is 27.5 Å². The molecule has 20 heavy (non-hydrogen) atoms. The summed E-state index contributed by atoms with van der Waals surface area (Å²) in [5, 5.41) is 3.65. The highest BCUT2D eigenvalue weighted by molar-refractivity contribution is 9.10. The molecule has 0 spiro atoms. The molecule has 1 N–H and O–H groups in total. The number of rotatable bonds is 3. The quantitative estimate of drug-likeness (QED) is 0.838. The van der Waals surface area contributed by atoms with E-state index in [1.807, 2.05) is 6.07 Å². The number of carbonyl (C=O) groups excluding carboxylic acids is 1. The third-order valence-corrected chi connectivity index (χ3v) is 5.79. The minimum Gasteiger partial charge on any atom is -0.349 e. The molecular formula is C16H19BrClNO. The Balaban J connectivity index is 1.68. The van der Waals surface area contributed by atoms with E-state index in [0.29, 0.717) is 16.5 Å². The van der Waals surface area contributed by atoms with Crippen molar-refractivity contribution >= 4 is 33.4 Å². The van der Waals surface area contributed by atoms with E-state index in [4.69, 9.17) is 11.6 Å². The molecule has 0 aliphatic heterocycles. The summed E-state index contributed by atoms with van der Waals surface area (Å²) in [4.78, 5) is 12.4. The predicted molar refractivity (Wildman–Crippen MR) is 85.0 cm³/mol. The monoisotopic (exact) mass is 355 g/mol. The fourth-order valence-electron chi connectivity index (χ4n) is 3.97. The third-order valence-electron chi connectivity index (χ3n) is 4.97. The van der Waals surface area contributed by atoms with E-state index in [9.17, 15) is 4.79 Å². The van der Waals surface area contributed by atoms with Crippen LogP contribution in [0.15, 0.2) is 22.7 Å². The molecule has 2 aliphatic rings. The lowest BCUT2D eigenvalue weighted by atomic mass is 9.84. The molecule has 108 valence electrons. The van der Waals surface area contributed by atoms with Crippen LogP contribution in [0.5, 0.6) is 0 Å². The van der Waals surface area contributed by atoms with Crippen molar-refractivity contribution in [2.45, 2.75) is 38.6 Å². The molecule has 4 unspecified atom stereocenters. The Morgan fingerprint density at radius 3 is 2.85 bits per heavy atom. The molecule has 2 nitrogen and oxygen atoms in total. The molecule has 4 atom stereocenters. The van der Waals surface area contributed by atoms with Gasteiger partial charge >= 0.3 is 0 Å². The first-order chi connectivity index (χ1) is 9.54. The predicted octanol–water partition coefficient (Wildman–Crippen LogP) is 4.66. The summed E-state index contributed by atoms with van der Waals surface area (Å²) in [5.74, 6) is 2.29. The number of nitrogens with one attached hydrogen (secondary N) is 1. The SMILES string of the molecule is CC(NC(=O)c1cc(Br)ccc1Cl)C1CC2CCC1C2. The van der Waals surface area contributed by atoms with Crippen molar-refractivity contribution in [1.29, 1.82) is 0 Å². The summed E-state index contributed by atoms with van der Waals surface area (Å²) in [6.45, 7) is 2.13. The Hall–Kier alpha value is -0.540. The second-order valence-corrected chi connectivity index (χ2v) is 7.55. The molecule has 1 amide bonds. The minimum absolute atomic E-state index is 0.0634. The topological polar surface area (TPSA) is 29.1 Å². The van der Waals surface area contributed by atoms with Gasteiger partial charge in [-0.3, -0.25) is 4.79 Å². The van der Waals surface area contributed by atoms with Crippen molar-refractivity contribution in [2.24, 2.45) is 17.8 Å². The summed E-state index contributed by atoms with van der Waals surface area (Å²) in [6.07, 6.45) is 5.37. The van der Waals surface area contributed by atoms with Crippen molar-refractivity contribution in [3.05, 3.63) is 33.3 Å². The lowest BCUT2D eigenvalue weighted by Crippen LogP contribution is -2.40. The zero-order valence-corrected chi connectivity index (χ0v) is 13.9. The van der Waals surface area contributed by atoms with Crippen molar-refractivity contribution in [1.82, 2.24) is 5.32 Å². The highest BCUT2D eigenvalue weighted by Gasteiger charge is 2.42. The van der Waals surface area contributed by atoms with Gasteiger partial charge in [0.05, 0.1) is 10.6 Å². The second-order valence-electron chi connectivity index (χ2n) is 6.23. The van der Waals surface area contributed by atoms with E-state index in [-0.39, 0.29) is 11.9 Å². The Kier molecular flexibility index (Phi) is 4.09. The number of hydrogen-bond acceptors (Lipinski definition) is 1. The fourth-order valence-corrected chi connectivity index (χ4v) is 4.53. The maximum absolute atomic E-state index is 12.4. The number of amides is 1. The van der Waals surface area contributed by atoms with Crippen LogP contribution in [0, 0.1) is 17.8 Å². The molecule has 3 rings (SSSR count). The van der Waals surface area contributed by atoms with Gasteiger partial charge in [-0.15, -0.1) is 0 Å². The highest BCUT2D eigenvalue weighted by atomic mass is 79.9. The maximum Gasteiger partial charge on any atom is 0.253 e. The standard InChI is InChI=1S/C16H19BrClNO/c1-9(13-7-10-2-3-11(13)6-10)19-16(20)14-8-12(17)4-5-15(14)18/h4-5,8-11,13H,2-3,6-7H2,1H3,(H,19,20). The molecule has 0 aromatic heterocycles. The molecular weight excluding hydrogens is 338 g/mol. The second kappa shape index (κ2) is 5.69. The van der Waals surface area contributed by atoms with Crippen LogP contribution < -0.4 is 5.32 Å². The summed E-state index contributed by atoms with van der Waals surface area (Å²) >= 11 is 9.50. The summed E-state index contributed by atoms with van der Waals surface area (Å²) in [7, 11) is 0. The molecule has 0 saturated heterocycles. The van der Waals surface area contributed by atoms with Gasteiger partial charge in [-0.05, 0) is 62.1 Å². The number of carbonyl (C=O) groups is 1. The van der Waals surface area contributed by atoms with Gasteiger partial charge in [0.1, 0.15) is 0 Å². The number of benzene rings is 1. The lowest BCUT2D eigenvalue weighted by molar-refractivity contribution is 0.0915. The molecule has 2 bridgehead atoms.